The molecule has 1 atom stereocenters. The Morgan fingerprint density at radius 3 is 2.46 bits per heavy atom. The van der Waals surface area contributed by atoms with Gasteiger partial charge in [-0.1, -0.05) is 44.1 Å². The minimum atomic E-state index is -1.03. The van der Waals surface area contributed by atoms with Gasteiger partial charge in [-0.05, 0) is 100 Å². The molecule has 1 unspecified atom stereocenters. The van der Waals surface area contributed by atoms with Crippen LogP contribution in [0.4, 0.5) is 4.79 Å². The SMILES string of the molecule is C[Si](C)OC(c1c(-c2cccc(C#N)c2)ccc2c(CCC3CCN(C(=O)OC(C)(C)C)CC3)noc12)C(C)(C)C. The van der Waals surface area contributed by atoms with Crippen molar-refractivity contribution in [1.82, 2.24) is 10.1 Å². The molecule has 0 N–H and O–H groups in total. The molecule has 8 heteroatoms. The van der Waals surface area contributed by atoms with Gasteiger partial charge in [-0.3, -0.25) is 0 Å². The molecule has 1 radical (unpaired) electrons. The van der Waals surface area contributed by atoms with Crippen LogP contribution in [0.15, 0.2) is 40.9 Å². The van der Waals surface area contributed by atoms with Gasteiger partial charge in [0.2, 0.25) is 9.04 Å². The highest BCUT2D eigenvalue weighted by molar-refractivity contribution is 6.48. The highest BCUT2D eigenvalue weighted by Gasteiger charge is 2.34. The number of benzene rings is 2. The first-order valence-corrected chi connectivity index (χ1v) is 17.0. The molecule has 2 heterocycles. The van der Waals surface area contributed by atoms with Gasteiger partial charge < -0.3 is 18.6 Å². The number of likely N-dealkylation sites (tertiary alicyclic amines) is 1. The molecule has 3 aromatic rings. The van der Waals surface area contributed by atoms with E-state index in [2.05, 4.69) is 57.2 Å². The second kappa shape index (κ2) is 12.4. The minimum Gasteiger partial charge on any atom is -0.444 e. The number of piperidine rings is 1. The molecular weight excluding hydrogens is 530 g/mol. The molecule has 0 aliphatic carbocycles. The number of ether oxygens (including phenoxy) is 1. The Labute approximate surface area is 246 Å². The quantitative estimate of drug-likeness (QED) is 0.264. The first kappa shape index (κ1) is 30.8. The number of hydrogen-bond donors (Lipinski definition) is 0. The highest BCUT2D eigenvalue weighted by Crippen LogP contribution is 2.45. The lowest BCUT2D eigenvalue weighted by Crippen LogP contribution is -2.41. The largest absolute Gasteiger partial charge is 0.444 e. The maximum atomic E-state index is 12.5. The third-order valence-corrected chi connectivity index (χ3v) is 8.22. The lowest BCUT2D eigenvalue weighted by Gasteiger charge is -2.34. The summed E-state index contributed by atoms with van der Waals surface area (Å²) < 4.78 is 18.3. The summed E-state index contributed by atoms with van der Waals surface area (Å²) in [5.41, 5.74) is 4.65. The molecule has 0 bridgehead atoms. The van der Waals surface area contributed by atoms with E-state index >= 15 is 0 Å². The van der Waals surface area contributed by atoms with Crippen LogP contribution in [-0.4, -0.2) is 43.9 Å². The van der Waals surface area contributed by atoms with E-state index in [0.717, 1.165) is 72.1 Å². The fraction of sp³-hybridized carbons (Fsp3) is 0.545. The van der Waals surface area contributed by atoms with E-state index in [1.165, 1.54) is 0 Å². The standard InChI is InChI=1S/C33H44N3O4Si/c1-32(2,3)30(40-41(7)8)28-25(24-11-9-10-23(20-24)21-34)13-14-26-27(35-39-29(26)28)15-12-22-16-18-36(19-17-22)31(37)38-33(4,5)6/h9-11,13-14,20,22,30H,12,15-19H2,1-8H3. The van der Waals surface area contributed by atoms with Crippen molar-refractivity contribution < 1.29 is 18.5 Å². The smallest absolute Gasteiger partial charge is 0.410 e. The fourth-order valence-electron chi connectivity index (χ4n) is 5.50. The Bertz CT molecular complexity index is 1400. The van der Waals surface area contributed by atoms with Crippen LogP contribution in [0.25, 0.3) is 22.1 Å². The van der Waals surface area contributed by atoms with Gasteiger partial charge in [-0.15, -0.1) is 0 Å². The normalized spacial score (nSPS) is 15.8. The van der Waals surface area contributed by atoms with Gasteiger partial charge in [-0.25, -0.2) is 4.79 Å². The summed E-state index contributed by atoms with van der Waals surface area (Å²) in [5, 5.41) is 15.1. The third-order valence-electron chi connectivity index (χ3n) is 7.51. The first-order valence-electron chi connectivity index (χ1n) is 14.6. The number of nitrogens with zero attached hydrogens (tertiary/aromatic N) is 3. The van der Waals surface area contributed by atoms with Crippen molar-refractivity contribution in [1.29, 1.82) is 5.26 Å². The van der Waals surface area contributed by atoms with Crippen molar-refractivity contribution in [2.45, 2.75) is 92.0 Å². The topological polar surface area (TPSA) is 88.6 Å². The van der Waals surface area contributed by atoms with Crippen molar-refractivity contribution in [2.75, 3.05) is 13.1 Å². The number of rotatable bonds is 7. The summed E-state index contributed by atoms with van der Waals surface area (Å²) in [6.07, 6.45) is 3.29. The summed E-state index contributed by atoms with van der Waals surface area (Å²) in [6, 6.07) is 14.2. The molecule has 1 aliphatic rings. The maximum absolute atomic E-state index is 12.5. The summed E-state index contributed by atoms with van der Waals surface area (Å²) >= 11 is 0. The predicted octanol–water partition coefficient (Wildman–Crippen LogP) is 8.30. The Hall–Kier alpha value is -3.15. The van der Waals surface area contributed by atoms with Crippen LogP contribution in [0.5, 0.6) is 0 Å². The van der Waals surface area contributed by atoms with E-state index in [1.54, 1.807) is 0 Å². The van der Waals surface area contributed by atoms with E-state index in [4.69, 9.17) is 13.7 Å². The van der Waals surface area contributed by atoms with Gasteiger partial charge >= 0.3 is 6.09 Å². The molecule has 1 fully saturated rings. The lowest BCUT2D eigenvalue weighted by atomic mass is 9.80. The molecule has 0 spiro atoms. The monoisotopic (exact) mass is 574 g/mol. The Balaban J connectivity index is 1.61. The van der Waals surface area contributed by atoms with Crippen LogP contribution < -0.4 is 0 Å². The van der Waals surface area contributed by atoms with Crippen molar-refractivity contribution in [2.24, 2.45) is 11.3 Å². The number of hydrogen-bond acceptors (Lipinski definition) is 6. The number of carbonyl (C=O) groups excluding carboxylic acids is 1. The molecular formula is C33H44N3O4Si. The Morgan fingerprint density at radius 1 is 1.15 bits per heavy atom. The molecule has 4 rings (SSSR count). The van der Waals surface area contributed by atoms with E-state index < -0.39 is 14.6 Å². The lowest BCUT2D eigenvalue weighted by molar-refractivity contribution is 0.0181. The Kier molecular flexibility index (Phi) is 9.30. The minimum absolute atomic E-state index is 0.188. The van der Waals surface area contributed by atoms with Crippen molar-refractivity contribution in [3.8, 4) is 17.2 Å². The van der Waals surface area contributed by atoms with Crippen LogP contribution in [0, 0.1) is 22.7 Å². The summed E-state index contributed by atoms with van der Waals surface area (Å²) in [4.78, 5) is 14.3. The average molecular weight is 575 g/mol. The van der Waals surface area contributed by atoms with E-state index in [-0.39, 0.29) is 17.6 Å². The van der Waals surface area contributed by atoms with Crippen LogP contribution in [0.3, 0.4) is 0 Å². The average Bonchev–Trinajstić information content (AvgIpc) is 3.32. The second-order valence-corrected chi connectivity index (χ2v) is 15.5. The van der Waals surface area contributed by atoms with Crippen LogP contribution in [0.1, 0.15) is 83.7 Å². The third kappa shape index (κ3) is 7.58. The zero-order valence-electron chi connectivity index (χ0n) is 25.8. The number of aromatic nitrogens is 1. The van der Waals surface area contributed by atoms with Crippen molar-refractivity contribution in [3.63, 3.8) is 0 Å². The number of carbonyl (C=O) groups is 1. The van der Waals surface area contributed by atoms with Crippen molar-refractivity contribution in [3.05, 3.63) is 53.2 Å². The van der Waals surface area contributed by atoms with Gasteiger partial charge in [0, 0.05) is 24.0 Å². The molecule has 1 amide bonds. The maximum Gasteiger partial charge on any atom is 0.410 e. The number of aryl methyl sites for hydroxylation is 1. The van der Waals surface area contributed by atoms with Crippen LogP contribution in [0.2, 0.25) is 13.1 Å². The zero-order chi connectivity index (χ0) is 29.9. The molecule has 219 valence electrons. The zero-order valence-corrected chi connectivity index (χ0v) is 26.8. The molecule has 7 nitrogen and oxygen atoms in total. The summed E-state index contributed by atoms with van der Waals surface area (Å²) in [5.74, 6) is 0.517. The predicted molar refractivity (Wildman–Crippen MR) is 164 cm³/mol. The Morgan fingerprint density at radius 2 is 1.85 bits per heavy atom. The highest BCUT2D eigenvalue weighted by atomic mass is 28.3. The van der Waals surface area contributed by atoms with Gasteiger partial charge in [0.15, 0.2) is 5.58 Å². The first-order chi connectivity index (χ1) is 19.3. The van der Waals surface area contributed by atoms with Gasteiger partial charge in [0.25, 0.3) is 0 Å². The van der Waals surface area contributed by atoms with Gasteiger partial charge in [-0.2, -0.15) is 5.26 Å². The van der Waals surface area contributed by atoms with Gasteiger partial charge in [0.05, 0.1) is 23.4 Å². The number of fused-ring (bicyclic) bond motifs is 1. The van der Waals surface area contributed by atoms with E-state index in [9.17, 15) is 10.1 Å². The molecule has 1 aromatic heterocycles. The molecule has 2 aromatic carbocycles. The summed E-state index contributed by atoms with van der Waals surface area (Å²) in [7, 11) is -1.03. The van der Waals surface area contributed by atoms with Crippen molar-refractivity contribution >= 4 is 26.1 Å². The fourth-order valence-corrected chi connectivity index (χ4v) is 6.44. The number of amides is 1. The molecule has 1 aliphatic heterocycles. The van der Waals surface area contributed by atoms with Crippen LogP contribution >= 0.6 is 0 Å². The number of nitriles is 1. The molecule has 0 saturated carbocycles. The summed E-state index contributed by atoms with van der Waals surface area (Å²) in [6.45, 7) is 18.0. The molecule has 41 heavy (non-hydrogen) atoms. The second-order valence-electron chi connectivity index (χ2n) is 13.4. The molecule has 1 saturated heterocycles. The van der Waals surface area contributed by atoms with E-state index in [0.29, 0.717) is 11.5 Å². The van der Waals surface area contributed by atoms with Crippen LogP contribution in [-0.2, 0) is 15.6 Å². The van der Waals surface area contributed by atoms with E-state index in [1.807, 2.05) is 49.9 Å². The van der Waals surface area contributed by atoms with Gasteiger partial charge in [0.1, 0.15) is 5.60 Å².